The molecule has 0 bridgehead atoms. The van der Waals surface area contributed by atoms with E-state index in [0.29, 0.717) is 29.8 Å². The highest BCUT2D eigenvalue weighted by Gasteiger charge is 2.51. The van der Waals surface area contributed by atoms with Crippen molar-refractivity contribution in [3.63, 3.8) is 0 Å². The number of hydrogen-bond acceptors (Lipinski definition) is 5. The number of likely N-dealkylation sites (tertiary alicyclic amines) is 1. The molecule has 3 aliphatic heterocycles. The minimum atomic E-state index is 0.107. The molecule has 2 N–H and O–H groups in total. The summed E-state index contributed by atoms with van der Waals surface area (Å²) in [5.41, 5.74) is 9.20. The predicted octanol–water partition coefficient (Wildman–Crippen LogP) is 1.72. The molecule has 1 aliphatic carbocycles. The van der Waals surface area contributed by atoms with Crippen LogP contribution in [0.4, 0.5) is 5.69 Å². The summed E-state index contributed by atoms with van der Waals surface area (Å²) in [5.74, 6) is 2.50. The van der Waals surface area contributed by atoms with Gasteiger partial charge in [-0.3, -0.25) is 15.6 Å². The molecule has 4 aliphatic rings. The third kappa shape index (κ3) is 2.72. The summed E-state index contributed by atoms with van der Waals surface area (Å²) in [6, 6.07) is 7.36. The van der Waals surface area contributed by atoms with Crippen LogP contribution in [0.3, 0.4) is 0 Å². The number of amides is 1. The number of ether oxygens (including phenoxy) is 1. The van der Waals surface area contributed by atoms with Crippen molar-refractivity contribution in [1.82, 2.24) is 15.8 Å². The first-order valence-corrected chi connectivity index (χ1v) is 10.4. The van der Waals surface area contributed by atoms with Gasteiger partial charge in [-0.05, 0) is 55.7 Å². The third-order valence-corrected chi connectivity index (χ3v) is 7.25. The van der Waals surface area contributed by atoms with Crippen molar-refractivity contribution < 1.29 is 9.53 Å². The van der Waals surface area contributed by atoms with E-state index in [2.05, 4.69) is 52.8 Å². The largest absolute Gasteiger partial charge is 0.490 e. The molecule has 27 heavy (non-hydrogen) atoms. The van der Waals surface area contributed by atoms with Crippen LogP contribution in [0.5, 0.6) is 5.75 Å². The SMILES string of the molecule is CCN1C(=O)C2CNNC2C2CCC(c3ccc4c(c3)OCCN4C)CC21. The second-order valence-corrected chi connectivity index (χ2v) is 8.52. The van der Waals surface area contributed by atoms with Crippen molar-refractivity contribution in [3.8, 4) is 5.75 Å². The molecule has 0 aromatic heterocycles. The number of fused-ring (bicyclic) bond motifs is 4. The van der Waals surface area contributed by atoms with Crippen LogP contribution < -0.4 is 20.5 Å². The number of rotatable bonds is 2. The van der Waals surface area contributed by atoms with Gasteiger partial charge >= 0.3 is 0 Å². The molecule has 1 aromatic carbocycles. The monoisotopic (exact) mass is 370 g/mol. The Morgan fingerprint density at radius 2 is 2.19 bits per heavy atom. The first kappa shape index (κ1) is 17.3. The van der Waals surface area contributed by atoms with Crippen molar-refractivity contribution in [2.45, 2.75) is 44.2 Å². The van der Waals surface area contributed by atoms with Gasteiger partial charge in [0.25, 0.3) is 0 Å². The fourth-order valence-electron chi connectivity index (χ4n) is 5.81. The van der Waals surface area contributed by atoms with Crippen molar-refractivity contribution in [1.29, 1.82) is 0 Å². The number of hydrogen-bond donors (Lipinski definition) is 2. The molecule has 5 unspecified atom stereocenters. The Morgan fingerprint density at radius 3 is 3.04 bits per heavy atom. The molecule has 0 radical (unpaired) electrons. The van der Waals surface area contributed by atoms with Crippen molar-refractivity contribution in [2.75, 3.05) is 38.2 Å². The summed E-state index contributed by atoms with van der Waals surface area (Å²) in [6.45, 7) is 5.40. The van der Waals surface area contributed by atoms with Crippen LogP contribution in [0.2, 0.25) is 0 Å². The fraction of sp³-hybridized carbons (Fsp3) is 0.667. The normalized spacial score (nSPS) is 35.3. The van der Waals surface area contributed by atoms with E-state index in [4.69, 9.17) is 4.74 Å². The Balaban J connectivity index is 1.40. The Kier molecular flexibility index (Phi) is 4.28. The molecule has 2 saturated heterocycles. The van der Waals surface area contributed by atoms with Crippen molar-refractivity contribution >= 4 is 11.6 Å². The Hall–Kier alpha value is -1.79. The molecule has 1 amide bonds. The molecule has 3 fully saturated rings. The maximum absolute atomic E-state index is 13.0. The van der Waals surface area contributed by atoms with Crippen LogP contribution in [-0.4, -0.2) is 56.2 Å². The third-order valence-electron chi connectivity index (χ3n) is 7.25. The van der Waals surface area contributed by atoms with Gasteiger partial charge in [-0.15, -0.1) is 0 Å². The van der Waals surface area contributed by atoms with Gasteiger partial charge in [0.1, 0.15) is 12.4 Å². The standard InChI is InChI=1S/C21H30N4O2/c1-3-25-18-10-13(4-6-15(18)20-16(21(25)26)12-22-23-20)14-5-7-17-19(11-14)27-9-8-24(17)2/h5,7,11,13,15-16,18,20,22-23H,3-4,6,8-10,12H2,1-2H3. The minimum absolute atomic E-state index is 0.107. The van der Waals surface area contributed by atoms with E-state index in [1.165, 1.54) is 24.1 Å². The maximum Gasteiger partial charge on any atom is 0.228 e. The highest BCUT2D eigenvalue weighted by Crippen LogP contribution is 2.45. The Labute approximate surface area is 161 Å². The number of carbonyl (C=O) groups is 1. The van der Waals surface area contributed by atoms with Crippen LogP contribution in [0, 0.1) is 11.8 Å². The van der Waals surface area contributed by atoms with Crippen LogP contribution >= 0.6 is 0 Å². The van der Waals surface area contributed by atoms with E-state index in [1.807, 2.05) is 0 Å². The van der Waals surface area contributed by atoms with E-state index in [0.717, 1.165) is 38.4 Å². The lowest BCUT2D eigenvalue weighted by Gasteiger charge is -2.50. The number of nitrogens with zero attached hydrogens (tertiary/aromatic N) is 2. The zero-order valence-corrected chi connectivity index (χ0v) is 16.3. The molecule has 5 atom stereocenters. The zero-order valence-electron chi connectivity index (χ0n) is 16.3. The van der Waals surface area contributed by atoms with Gasteiger partial charge in [-0.25, -0.2) is 0 Å². The maximum atomic E-state index is 13.0. The van der Waals surface area contributed by atoms with Gasteiger partial charge < -0.3 is 14.5 Å². The van der Waals surface area contributed by atoms with Gasteiger partial charge in [0.05, 0.1) is 18.2 Å². The van der Waals surface area contributed by atoms with Crippen LogP contribution in [0.15, 0.2) is 18.2 Å². The summed E-state index contributed by atoms with van der Waals surface area (Å²) in [4.78, 5) is 17.4. The number of nitrogens with one attached hydrogen (secondary N) is 2. The molecule has 5 rings (SSSR count). The minimum Gasteiger partial charge on any atom is -0.490 e. The van der Waals surface area contributed by atoms with Gasteiger partial charge in [-0.1, -0.05) is 6.07 Å². The molecule has 6 nitrogen and oxygen atoms in total. The Morgan fingerprint density at radius 1 is 1.30 bits per heavy atom. The molecule has 1 saturated carbocycles. The van der Waals surface area contributed by atoms with Gasteiger partial charge in [0.15, 0.2) is 0 Å². The highest BCUT2D eigenvalue weighted by atomic mass is 16.5. The molecular formula is C21H30N4O2. The van der Waals surface area contributed by atoms with Crippen LogP contribution in [0.25, 0.3) is 0 Å². The van der Waals surface area contributed by atoms with Gasteiger partial charge in [0, 0.05) is 32.2 Å². The van der Waals surface area contributed by atoms with E-state index in [1.54, 1.807) is 0 Å². The quantitative estimate of drug-likeness (QED) is 0.830. The van der Waals surface area contributed by atoms with Gasteiger partial charge in [-0.2, -0.15) is 0 Å². The Bertz CT molecular complexity index is 739. The smallest absolute Gasteiger partial charge is 0.228 e. The van der Waals surface area contributed by atoms with Crippen molar-refractivity contribution in [2.24, 2.45) is 11.8 Å². The summed E-state index contributed by atoms with van der Waals surface area (Å²) < 4.78 is 5.92. The molecule has 3 heterocycles. The number of piperidine rings is 1. The van der Waals surface area contributed by atoms with Crippen LogP contribution in [0.1, 0.15) is 37.7 Å². The molecule has 0 spiro atoms. The van der Waals surface area contributed by atoms with E-state index >= 15 is 0 Å². The molecular weight excluding hydrogens is 340 g/mol. The lowest BCUT2D eigenvalue weighted by molar-refractivity contribution is -0.146. The summed E-state index contributed by atoms with van der Waals surface area (Å²) >= 11 is 0. The second-order valence-electron chi connectivity index (χ2n) is 8.52. The fourth-order valence-corrected chi connectivity index (χ4v) is 5.81. The average Bonchev–Trinajstić information content (AvgIpc) is 3.18. The zero-order chi connectivity index (χ0) is 18.5. The molecule has 6 heteroatoms. The summed E-state index contributed by atoms with van der Waals surface area (Å²) in [5, 5.41) is 0. The number of anilines is 1. The summed E-state index contributed by atoms with van der Waals surface area (Å²) in [6.07, 6.45) is 3.42. The molecule has 146 valence electrons. The number of likely N-dealkylation sites (N-methyl/N-ethyl adjacent to an activating group) is 1. The van der Waals surface area contributed by atoms with E-state index < -0.39 is 0 Å². The van der Waals surface area contributed by atoms with Crippen LogP contribution in [-0.2, 0) is 4.79 Å². The van der Waals surface area contributed by atoms with E-state index in [9.17, 15) is 4.79 Å². The first-order chi connectivity index (χ1) is 13.2. The predicted molar refractivity (Wildman–Crippen MR) is 105 cm³/mol. The average molecular weight is 370 g/mol. The lowest BCUT2D eigenvalue weighted by Crippen LogP contribution is -2.61. The second kappa shape index (κ2) is 6.67. The lowest BCUT2D eigenvalue weighted by atomic mass is 9.67. The molecule has 1 aromatic rings. The highest BCUT2D eigenvalue weighted by molar-refractivity contribution is 5.81. The number of hydrazine groups is 1. The van der Waals surface area contributed by atoms with E-state index in [-0.39, 0.29) is 5.92 Å². The summed E-state index contributed by atoms with van der Waals surface area (Å²) in [7, 11) is 2.12. The van der Waals surface area contributed by atoms with Crippen molar-refractivity contribution in [3.05, 3.63) is 23.8 Å². The topological polar surface area (TPSA) is 56.8 Å². The first-order valence-electron chi connectivity index (χ1n) is 10.4. The number of carbonyl (C=O) groups excluding carboxylic acids is 1. The van der Waals surface area contributed by atoms with Gasteiger partial charge in [0.2, 0.25) is 5.91 Å². The number of benzene rings is 1.